The van der Waals surface area contributed by atoms with Crippen molar-refractivity contribution in [3.63, 3.8) is 0 Å². The third-order valence-corrected chi connectivity index (χ3v) is 9.58. The Kier molecular flexibility index (Phi) is 4.34. The summed E-state index contributed by atoms with van der Waals surface area (Å²) in [6.07, 6.45) is 14.9. The van der Waals surface area contributed by atoms with Crippen LogP contribution in [0.5, 0.6) is 0 Å². The van der Waals surface area contributed by atoms with Gasteiger partial charge in [-0.05, 0) is 86.0 Å². The van der Waals surface area contributed by atoms with Crippen LogP contribution in [0.1, 0.15) is 70.8 Å². The fourth-order valence-electron chi connectivity index (χ4n) is 7.96. The SMILES string of the molecule is Cn1cc(/C=C2/C[C@@H]3[C@H]4CC[C@H]5C[C@@H](O)CC[C@]5(C)[C@@H]4CC[C@]3(C)[C@H]2O)cn1. The number of hydrogen-bond acceptors (Lipinski definition) is 3. The van der Waals surface area contributed by atoms with E-state index in [1.54, 1.807) is 0 Å². The number of hydrogen-bond donors (Lipinski definition) is 2. The van der Waals surface area contributed by atoms with E-state index in [2.05, 4.69) is 25.0 Å². The van der Waals surface area contributed by atoms with Gasteiger partial charge >= 0.3 is 0 Å². The molecule has 4 nitrogen and oxygen atoms in total. The molecule has 0 aliphatic heterocycles. The zero-order valence-electron chi connectivity index (χ0n) is 17.6. The van der Waals surface area contributed by atoms with Gasteiger partial charge in [0, 0.05) is 24.2 Å². The van der Waals surface area contributed by atoms with Gasteiger partial charge in [0.15, 0.2) is 0 Å². The minimum atomic E-state index is -0.322. The molecule has 154 valence electrons. The van der Waals surface area contributed by atoms with Crippen LogP contribution in [0.25, 0.3) is 6.08 Å². The standard InChI is InChI=1S/C24H36N2O2/c1-23-8-6-18(27)12-17(23)4-5-19-20(23)7-9-24(2)21(19)11-16(22(24)28)10-15-13-25-26(3)14-15/h10,13-14,17-22,27-28H,4-9,11-12H2,1-3H3/b16-10-/t17-,18-,19-,20+,21+,22-,23-,24-/m0/s1. The molecule has 0 spiro atoms. The number of aromatic nitrogens is 2. The summed E-state index contributed by atoms with van der Waals surface area (Å²) in [6.45, 7) is 4.88. The van der Waals surface area contributed by atoms with E-state index in [-0.39, 0.29) is 17.6 Å². The molecule has 4 heteroatoms. The quantitative estimate of drug-likeness (QED) is 0.764. The molecule has 5 rings (SSSR count). The van der Waals surface area contributed by atoms with Crippen LogP contribution in [0.3, 0.4) is 0 Å². The monoisotopic (exact) mass is 384 g/mol. The number of aliphatic hydroxyl groups excluding tert-OH is 2. The lowest BCUT2D eigenvalue weighted by molar-refractivity contribution is -0.133. The Balaban J connectivity index is 1.44. The molecule has 0 aromatic carbocycles. The van der Waals surface area contributed by atoms with Crippen molar-refractivity contribution in [2.45, 2.75) is 77.4 Å². The molecule has 0 amide bonds. The fourth-order valence-corrected chi connectivity index (χ4v) is 7.96. The molecule has 4 saturated carbocycles. The third kappa shape index (κ3) is 2.67. The molecule has 0 saturated heterocycles. The molecule has 1 aromatic rings. The molecule has 0 unspecified atom stereocenters. The van der Waals surface area contributed by atoms with E-state index in [4.69, 9.17) is 0 Å². The molecule has 8 atom stereocenters. The first-order chi connectivity index (χ1) is 13.3. The summed E-state index contributed by atoms with van der Waals surface area (Å²) >= 11 is 0. The van der Waals surface area contributed by atoms with E-state index in [9.17, 15) is 10.2 Å². The smallest absolute Gasteiger partial charge is 0.0809 e. The Morgan fingerprint density at radius 2 is 1.86 bits per heavy atom. The largest absolute Gasteiger partial charge is 0.393 e. The summed E-state index contributed by atoms with van der Waals surface area (Å²) < 4.78 is 1.83. The van der Waals surface area contributed by atoms with Gasteiger partial charge in [-0.1, -0.05) is 19.9 Å². The van der Waals surface area contributed by atoms with E-state index < -0.39 is 0 Å². The lowest BCUT2D eigenvalue weighted by Gasteiger charge is -2.60. The first kappa shape index (κ1) is 18.9. The Bertz CT molecular complexity index is 785. The Morgan fingerprint density at radius 3 is 2.61 bits per heavy atom. The van der Waals surface area contributed by atoms with Gasteiger partial charge in [0.1, 0.15) is 0 Å². The Hall–Kier alpha value is -1.13. The number of nitrogens with zero attached hydrogens (tertiary/aromatic N) is 2. The molecule has 4 aliphatic carbocycles. The Labute approximate surface area is 169 Å². The van der Waals surface area contributed by atoms with Crippen LogP contribution >= 0.6 is 0 Å². The van der Waals surface area contributed by atoms with Gasteiger partial charge in [-0.25, -0.2) is 0 Å². The molecule has 2 N–H and O–H groups in total. The number of rotatable bonds is 1. The second kappa shape index (κ2) is 6.43. The van der Waals surface area contributed by atoms with Crippen LogP contribution in [0.4, 0.5) is 0 Å². The van der Waals surface area contributed by atoms with Gasteiger partial charge in [-0.3, -0.25) is 4.68 Å². The van der Waals surface area contributed by atoms with Crippen molar-refractivity contribution >= 4 is 6.08 Å². The summed E-state index contributed by atoms with van der Waals surface area (Å²) in [4.78, 5) is 0. The minimum Gasteiger partial charge on any atom is -0.393 e. The molecule has 4 fully saturated rings. The average Bonchev–Trinajstić information content (AvgIpc) is 3.18. The normalized spacial score (nSPS) is 49.5. The fraction of sp³-hybridized carbons (Fsp3) is 0.792. The molecule has 1 aromatic heterocycles. The third-order valence-electron chi connectivity index (χ3n) is 9.58. The van der Waals surface area contributed by atoms with Crippen LogP contribution in [0.15, 0.2) is 18.0 Å². The predicted octanol–water partition coefficient (Wildman–Crippen LogP) is 4.18. The highest BCUT2D eigenvalue weighted by Gasteiger charge is 2.61. The topological polar surface area (TPSA) is 58.3 Å². The molecule has 0 radical (unpaired) electrons. The van der Waals surface area contributed by atoms with Crippen molar-refractivity contribution in [3.05, 3.63) is 23.5 Å². The maximum absolute atomic E-state index is 11.3. The minimum absolute atomic E-state index is 0.0204. The summed E-state index contributed by atoms with van der Waals surface area (Å²) in [5.41, 5.74) is 2.73. The maximum atomic E-state index is 11.3. The Morgan fingerprint density at radius 1 is 1.07 bits per heavy atom. The second-order valence-corrected chi connectivity index (χ2v) is 10.9. The molecule has 4 aliphatic rings. The van der Waals surface area contributed by atoms with Crippen LogP contribution in [-0.2, 0) is 7.05 Å². The summed E-state index contributed by atoms with van der Waals surface area (Å²) in [5, 5.41) is 25.8. The summed E-state index contributed by atoms with van der Waals surface area (Å²) in [5.74, 6) is 2.78. The number of aliphatic hydroxyl groups is 2. The maximum Gasteiger partial charge on any atom is 0.0809 e. The number of fused-ring (bicyclic) bond motifs is 5. The van der Waals surface area contributed by atoms with Crippen molar-refractivity contribution in [1.82, 2.24) is 9.78 Å². The molecule has 0 bridgehead atoms. The van der Waals surface area contributed by atoms with E-state index in [1.165, 1.54) is 31.3 Å². The zero-order chi connectivity index (χ0) is 19.7. The van der Waals surface area contributed by atoms with Gasteiger partial charge in [-0.15, -0.1) is 0 Å². The summed E-state index contributed by atoms with van der Waals surface area (Å²) in [7, 11) is 1.94. The van der Waals surface area contributed by atoms with Crippen molar-refractivity contribution in [1.29, 1.82) is 0 Å². The van der Waals surface area contributed by atoms with E-state index in [0.717, 1.165) is 43.1 Å². The van der Waals surface area contributed by atoms with E-state index in [1.807, 2.05) is 24.1 Å². The van der Waals surface area contributed by atoms with Gasteiger partial charge in [0.05, 0.1) is 18.4 Å². The van der Waals surface area contributed by atoms with Crippen LogP contribution in [0.2, 0.25) is 0 Å². The van der Waals surface area contributed by atoms with E-state index in [0.29, 0.717) is 17.3 Å². The van der Waals surface area contributed by atoms with Crippen LogP contribution < -0.4 is 0 Å². The van der Waals surface area contributed by atoms with Crippen molar-refractivity contribution in [3.8, 4) is 0 Å². The van der Waals surface area contributed by atoms with Crippen molar-refractivity contribution in [2.75, 3.05) is 0 Å². The number of aryl methyl sites for hydroxylation is 1. The first-order valence-electron chi connectivity index (χ1n) is 11.4. The molecule has 28 heavy (non-hydrogen) atoms. The van der Waals surface area contributed by atoms with Crippen LogP contribution in [-0.4, -0.2) is 32.2 Å². The highest BCUT2D eigenvalue weighted by Crippen LogP contribution is 2.67. The molecule has 1 heterocycles. The van der Waals surface area contributed by atoms with Gasteiger partial charge in [-0.2, -0.15) is 5.10 Å². The average molecular weight is 385 g/mol. The second-order valence-electron chi connectivity index (χ2n) is 10.9. The highest BCUT2D eigenvalue weighted by molar-refractivity contribution is 5.54. The predicted molar refractivity (Wildman–Crippen MR) is 110 cm³/mol. The molecular formula is C24H36N2O2. The summed E-state index contributed by atoms with van der Waals surface area (Å²) in [6, 6.07) is 0. The van der Waals surface area contributed by atoms with Crippen LogP contribution in [0, 0.1) is 34.5 Å². The van der Waals surface area contributed by atoms with Gasteiger partial charge < -0.3 is 10.2 Å². The van der Waals surface area contributed by atoms with Crippen molar-refractivity contribution < 1.29 is 10.2 Å². The van der Waals surface area contributed by atoms with E-state index >= 15 is 0 Å². The van der Waals surface area contributed by atoms with Gasteiger partial charge in [0.25, 0.3) is 0 Å². The first-order valence-corrected chi connectivity index (χ1v) is 11.4. The lowest BCUT2D eigenvalue weighted by atomic mass is 9.45. The van der Waals surface area contributed by atoms with Crippen molar-refractivity contribution in [2.24, 2.45) is 41.5 Å². The van der Waals surface area contributed by atoms with Gasteiger partial charge in [0.2, 0.25) is 0 Å². The lowest BCUT2D eigenvalue weighted by Crippen LogP contribution is -2.54. The molecular weight excluding hydrogens is 348 g/mol. The highest BCUT2D eigenvalue weighted by atomic mass is 16.3. The zero-order valence-corrected chi connectivity index (χ0v) is 17.6.